The van der Waals surface area contributed by atoms with Gasteiger partial charge in [0.1, 0.15) is 17.7 Å². The van der Waals surface area contributed by atoms with Crippen molar-refractivity contribution in [2.45, 2.75) is 84.3 Å². The molecule has 1 amide bonds. The van der Waals surface area contributed by atoms with Crippen molar-refractivity contribution in [2.24, 2.45) is 16.3 Å². The fraction of sp³-hybridized carbons (Fsp3) is 0.500. The van der Waals surface area contributed by atoms with Gasteiger partial charge in [-0.1, -0.05) is 88.0 Å². The molecule has 1 unspecified atom stereocenters. The van der Waals surface area contributed by atoms with E-state index in [1.165, 1.54) is 0 Å². The van der Waals surface area contributed by atoms with E-state index < -0.39 is 5.66 Å². The Balaban J connectivity index is 1.79. The van der Waals surface area contributed by atoms with Crippen molar-refractivity contribution < 1.29 is 9.59 Å². The molecule has 1 aliphatic carbocycles. The van der Waals surface area contributed by atoms with Crippen LogP contribution in [0.25, 0.3) is 0 Å². The largest absolute Gasteiger partial charge is 0.305 e. The van der Waals surface area contributed by atoms with Crippen molar-refractivity contribution in [3.63, 3.8) is 0 Å². The Morgan fingerprint density at radius 2 is 1.69 bits per heavy atom. The van der Waals surface area contributed by atoms with Crippen LogP contribution < -0.4 is 0 Å². The monoisotopic (exact) mass is 526 g/mol. The lowest BCUT2D eigenvalue weighted by Crippen LogP contribution is -2.51. The minimum absolute atomic E-state index is 0.0700. The maximum Gasteiger partial charge on any atom is 0.275 e. The number of hydrogen-bond acceptors (Lipinski definition) is 3. The molecule has 0 saturated heterocycles. The predicted octanol–water partition coefficient (Wildman–Crippen LogP) is 8.30. The highest BCUT2D eigenvalue weighted by Crippen LogP contribution is 2.50. The third kappa shape index (κ3) is 5.13. The summed E-state index contributed by atoms with van der Waals surface area (Å²) in [6.07, 6.45) is 7.43. The fourth-order valence-corrected chi connectivity index (χ4v) is 6.47. The zero-order valence-corrected chi connectivity index (χ0v) is 23.2. The van der Waals surface area contributed by atoms with Crippen LogP contribution >= 0.6 is 23.2 Å². The number of halogens is 2. The molecule has 0 radical (unpaired) electrons. The average Bonchev–Trinajstić information content (AvgIpc) is 3.13. The minimum atomic E-state index is -0.593. The summed E-state index contributed by atoms with van der Waals surface area (Å²) in [5.74, 6) is 0.529. The first-order valence-electron chi connectivity index (χ1n) is 13.1. The van der Waals surface area contributed by atoms with Crippen LogP contribution in [0.2, 0.25) is 10.0 Å². The minimum Gasteiger partial charge on any atom is -0.305 e. The topological polar surface area (TPSA) is 49.7 Å². The Morgan fingerprint density at radius 3 is 2.22 bits per heavy atom. The molecule has 2 aliphatic rings. The molecule has 6 heteroatoms. The molecule has 36 heavy (non-hydrogen) atoms. The zero-order chi connectivity index (χ0) is 26.1. The first-order valence-corrected chi connectivity index (χ1v) is 13.8. The molecule has 1 atom stereocenters. The normalized spacial score (nSPS) is 23.2. The number of aldehydes is 1. The number of carbonyl (C=O) groups is 2. The van der Waals surface area contributed by atoms with E-state index in [2.05, 4.69) is 27.7 Å². The van der Waals surface area contributed by atoms with Crippen molar-refractivity contribution in [3.8, 4) is 0 Å². The maximum absolute atomic E-state index is 14.2. The van der Waals surface area contributed by atoms with Crippen molar-refractivity contribution in [1.82, 2.24) is 4.90 Å². The smallest absolute Gasteiger partial charge is 0.275 e. The second-order valence-corrected chi connectivity index (χ2v) is 11.9. The maximum atomic E-state index is 14.2. The molecule has 1 heterocycles. The van der Waals surface area contributed by atoms with Crippen LogP contribution in [-0.4, -0.2) is 28.5 Å². The van der Waals surface area contributed by atoms with E-state index in [1.54, 1.807) is 18.2 Å². The van der Waals surface area contributed by atoms with Crippen molar-refractivity contribution in [3.05, 3.63) is 69.2 Å². The lowest BCUT2D eigenvalue weighted by atomic mass is 9.67. The van der Waals surface area contributed by atoms with Crippen LogP contribution in [0.5, 0.6) is 0 Å². The Labute approximate surface area is 225 Å². The van der Waals surface area contributed by atoms with Crippen LogP contribution in [0.3, 0.4) is 0 Å². The summed E-state index contributed by atoms with van der Waals surface area (Å²) in [4.78, 5) is 32.7. The van der Waals surface area contributed by atoms with E-state index >= 15 is 0 Å². The van der Waals surface area contributed by atoms with Crippen LogP contribution in [0.4, 0.5) is 0 Å². The van der Waals surface area contributed by atoms with E-state index in [9.17, 15) is 9.59 Å². The Hall–Kier alpha value is -2.17. The molecule has 192 valence electrons. The molecule has 4 rings (SSSR count). The first-order chi connectivity index (χ1) is 17.1. The molecular weight excluding hydrogens is 491 g/mol. The van der Waals surface area contributed by atoms with Gasteiger partial charge < -0.3 is 4.90 Å². The Bertz CT molecular complexity index is 1130. The van der Waals surface area contributed by atoms with Crippen LogP contribution in [0.1, 0.15) is 100 Å². The Morgan fingerprint density at radius 1 is 1.08 bits per heavy atom. The molecule has 0 aromatic heterocycles. The summed E-state index contributed by atoms with van der Waals surface area (Å²) >= 11 is 12.6. The van der Waals surface area contributed by atoms with Crippen molar-refractivity contribution in [1.29, 1.82) is 0 Å². The summed E-state index contributed by atoms with van der Waals surface area (Å²) in [6, 6.07) is 12.7. The number of amides is 1. The standard InChI is InChI=1S/C30H36Cl2N2O2/c1-5-7-26(21-10-8-20(19-35)9-11-21)34-28(36)27(22-16-24(31)18-25(32)17-22)33-30(34)14-12-23(13-15-30)29(3,4)6-2/h8-11,16-19,23,26H,5-7,12-15H2,1-4H3. The molecule has 1 saturated carbocycles. The highest BCUT2D eigenvalue weighted by atomic mass is 35.5. The van der Waals surface area contributed by atoms with Gasteiger partial charge >= 0.3 is 0 Å². The van der Waals surface area contributed by atoms with Crippen molar-refractivity contribution >= 4 is 41.1 Å². The van der Waals surface area contributed by atoms with E-state index in [1.807, 2.05) is 29.2 Å². The SMILES string of the molecule is CCCC(c1ccc(C=O)cc1)N1C(=O)C(c2cc(Cl)cc(Cl)c2)=NC12CCC(C(C)(C)CC)CC2. The predicted molar refractivity (Wildman–Crippen MR) is 148 cm³/mol. The molecule has 4 nitrogen and oxygen atoms in total. The van der Waals surface area contributed by atoms with Gasteiger partial charge in [0.05, 0.1) is 6.04 Å². The molecular formula is C30H36Cl2N2O2. The first kappa shape index (κ1) is 26.9. The molecule has 0 bridgehead atoms. The van der Waals surface area contributed by atoms with Gasteiger partial charge in [0.25, 0.3) is 5.91 Å². The quantitative estimate of drug-likeness (QED) is 0.324. The molecule has 2 aromatic carbocycles. The Kier molecular flexibility index (Phi) is 7.97. The molecule has 2 aromatic rings. The zero-order valence-electron chi connectivity index (χ0n) is 21.7. The summed E-state index contributed by atoms with van der Waals surface area (Å²) in [5, 5.41) is 0.979. The lowest BCUT2D eigenvalue weighted by molar-refractivity contribution is -0.133. The summed E-state index contributed by atoms with van der Waals surface area (Å²) in [7, 11) is 0. The van der Waals surface area contributed by atoms with E-state index in [-0.39, 0.29) is 17.4 Å². The number of carbonyl (C=O) groups excluding carboxylic acids is 2. The second-order valence-electron chi connectivity index (χ2n) is 11.0. The third-order valence-electron chi connectivity index (χ3n) is 8.46. The number of aliphatic imine (C=N–C) groups is 1. The van der Waals surface area contributed by atoms with Crippen LogP contribution in [0.15, 0.2) is 47.5 Å². The number of hydrogen-bond donors (Lipinski definition) is 0. The summed E-state index contributed by atoms with van der Waals surface area (Å²) in [6.45, 7) is 9.10. The van der Waals surface area contributed by atoms with Gasteiger partial charge in [-0.25, -0.2) is 0 Å². The summed E-state index contributed by atoms with van der Waals surface area (Å²) in [5.41, 5.74) is 2.44. The fourth-order valence-electron chi connectivity index (χ4n) is 5.94. The van der Waals surface area contributed by atoms with Crippen LogP contribution in [0, 0.1) is 11.3 Å². The second kappa shape index (κ2) is 10.7. The van der Waals surface area contributed by atoms with E-state index in [4.69, 9.17) is 28.2 Å². The lowest BCUT2D eigenvalue weighted by Gasteiger charge is -2.48. The van der Waals surface area contributed by atoms with Gasteiger partial charge in [-0.3, -0.25) is 14.6 Å². The van der Waals surface area contributed by atoms with E-state index in [0.717, 1.165) is 56.8 Å². The van der Waals surface area contributed by atoms with Crippen LogP contribution in [-0.2, 0) is 4.79 Å². The third-order valence-corrected chi connectivity index (χ3v) is 8.90. The average molecular weight is 528 g/mol. The van der Waals surface area contributed by atoms with Gasteiger partial charge in [0.2, 0.25) is 0 Å². The van der Waals surface area contributed by atoms with Gasteiger partial charge in [-0.05, 0) is 67.2 Å². The van der Waals surface area contributed by atoms with Gasteiger partial charge in [0.15, 0.2) is 0 Å². The van der Waals surface area contributed by atoms with Gasteiger partial charge in [-0.2, -0.15) is 0 Å². The highest BCUT2D eigenvalue weighted by molar-refractivity contribution is 6.47. The highest BCUT2D eigenvalue weighted by Gasteiger charge is 2.52. The van der Waals surface area contributed by atoms with Gasteiger partial charge in [-0.15, -0.1) is 0 Å². The molecule has 1 fully saturated rings. The molecule has 1 aliphatic heterocycles. The molecule has 1 spiro atoms. The number of benzene rings is 2. The number of nitrogens with zero attached hydrogens (tertiary/aromatic N) is 2. The van der Waals surface area contributed by atoms with Gasteiger partial charge in [0, 0.05) is 21.2 Å². The van der Waals surface area contributed by atoms with Crippen molar-refractivity contribution in [2.75, 3.05) is 0 Å². The number of rotatable bonds is 8. The summed E-state index contributed by atoms with van der Waals surface area (Å²) < 4.78 is 0. The van der Waals surface area contributed by atoms with E-state index in [0.29, 0.717) is 32.8 Å². The molecule has 0 N–H and O–H groups in total.